The Labute approximate surface area is 146 Å². The van der Waals surface area contributed by atoms with Crippen LogP contribution >= 0.6 is 63.1 Å². The molecule has 1 aromatic carbocycles. The lowest BCUT2D eigenvalue weighted by Gasteiger charge is -2.14. The van der Waals surface area contributed by atoms with Gasteiger partial charge in [-0.05, 0) is 25.6 Å². The first-order valence-corrected chi connectivity index (χ1v) is 8.54. The van der Waals surface area contributed by atoms with Gasteiger partial charge in [0, 0.05) is 37.4 Å². The largest absolute Gasteiger partial charge is 0.349 e. The first-order valence-electron chi connectivity index (χ1n) is 6.30. The molecule has 1 fully saturated rings. The van der Waals surface area contributed by atoms with Crippen LogP contribution in [0.25, 0.3) is 10.9 Å². The van der Waals surface area contributed by atoms with Gasteiger partial charge in [0.25, 0.3) is 0 Å². The van der Waals surface area contributed by atoms with Crippen LogP contribution in [-0.4, -0.2) is 30.0 Å². The third kappa shape index (κ3) is 2.30. The third-order valence-electron chi connectivity index (χ3n) is 3.96. The second-order valence-corrected chi connectivity index (χ2v) is 7.52. The fourth-order valence-corrected chi connectivity index (χ4v) is 4.61. The second kappa shape index (κ2) is 5.59. The molecule has 0 spiro atoms. The van der Waals surface area contributed by atoms with Gasteiger partial charge in [0.2, 0.25) is 0 Å². The molecule has 1 unspecified atom stereocenters. The van der Waals surface area contributed by atoms with Gasteiger partial charge in [-0.25, -0.2) is 0 Å². The normalized spacial score (nSPS) is 20.2. The summed E-state index contributed by atoms with van der Waals surface area (Å²) in [5.41, 5.74) is 2.19. The van der Waals surface area contributed by atoms with E-state index in [9.17, 15) is 0 Å². The lowest BCUT2D eigenvalue weighted by molar-refractivity contribution is 0.411. The summed E-state index contributed by atoms with van der Waals surface area (Å²) >= 11 is 22.8. The molecule has 0 radical (unpaired) electrons. The summed E-state index contributed by atoms with van der Waals surface area (Å²) in [5.74, 6) is 0.471. The molecule has 1 atom stereocenters. The Hall–Kier alpha value is 0.470. The maximum absolute atomic E-state index is 4.65. The SMILES string of the molecule is CN1CCC(c2c(S)[nH]c3c(S)c(S)c(S)c(S)c23)C1. The Balaban J connectivity index is 2.30. The molecular weight excluding hydrogens is 344 g/mol. The number of benzene rings is 1. The van der Waals surface area contributed by atoms with Crippen molar-refractivity contribution in [3.8, 4) is 0 Å². The number of H-pyrrole nitrogens is 1. The molecule has 0 aliphatic carbocycles. The summed E-state index contributed by atoms with van der Waals surface area (Å²) in [5, 5.41) is 1.99. The van der Waals surface area contributed by atoms with Gasteiger partial charge in [-0.1, -0.05) is 0 Å². The lowest BCUT2D eigenvalue weighted by Crippen LogP contribution is -2.13. The van der Waals surface area contributed by atoms with E-state index in [1.54, 1.807) is 0 Å². The van der Waals surface area contributed by atoms with Crippen LogP contribution in [0.1, 0.15) is 17.9 Å². The molecule has 2 nitrogen and oxygen atoms in total. The topological polar surface area (TPSA) is 19.0 Å². The van der Waals surface area contributed by atoms with Crippen molar-refractivity contribution in [2.45, 2.75) is 36.9 Å². The number of hydrogen-bond donors (Lipinski definition) is 6. The van der Waals surface area contributed by atoms with Crippen LogP contribution in [0.4, 0.5) is 0 Å². The zero-order valence-electron chi connectivity index (χ0n) is 10.9. The predicted molar refractivity (Wildman–Crippen MR) is 99.4 cm³/mol. The van der Waals surface area contributed by atoms with Crippen LogP contribution in [0.15, 0.2) is 24.6 Å². The number of likely N-dealkylation sites (N-methyl/N-ethyl adjacent to an activating group) is 1. The van der Waals surface area contributed by atoms with Crippen LogP contribution in [0.3, 0.4) is 0 Å². The first-order chi connectivity index (χ1) is 9.41. The standard InChI is InChI=1S/C13H16N2S5/c1-15-3-2-5(4-15)6-7-8(14-13(6)20)10(17)12(19)11(18)9(7)16/h5,14,16-20H,2-4H2,1H3. The van der Waals surface area contributed by atoms with Gasteiger partial charge in [-0.15, -0.1) is 63.1 Å². The molecular formula is C13H16N2S5. The summed E-state index contributed by atoms with van der Waals surface area (Å²) in [6.45, 7) is 2.15. The van der Waals surface area contributed by atoms with Crippen LogP contribution in [0, 0.1) is 0 Å². The molecule has 1 N–H and O–H groups in total. The maximum atomic E-state index is 4.65. The Morgan fingerprint density at radius 1 is 1.00 bits per heavy atom. The highest BCUT2D eigenvalue weighted by molar-refractivity contribution is 7.86. The first kappa shape index (κ1) is 15.4. The Bertz CT molecular complexity index is 694. The van der Waals surface area contributed by atoms with Crippen molar-refractivity contribution in [3.05, 3.63) is 5.56 Å². The highest BCUT2D eigenvalue weighted by atomic mass is 32.1. The van der Waals surface area contributed by atoms with E-state index in [4.69, 9.17) is 0 Å². The average molecular weight is 361 g/mol. The number of hydrogen-bond acceptors (Lipinski definition) is 6. The molecule has 1 aliphatic heterocycles. The molecule has 2 heterocycles. The Morgan fingerprint density at radius 2 is 1.65 bits per heavy atom. The van der Waals surface area contributed by atoms with Gasteiger partial charge in [0.15, 0.2) is 0 Å². The number of thiol groups is 5. The third-order valence-corrected chi connectivity index (χ3v) is 6.63. The molecule has 0 bridgehead atoms. The van der Waals surface area contributed by atoms with E-state index in [-0.39, 0.29) is 0 Å². The summed E-state index contributed by atoms with van der Waals surface area (Å²) in [6.07, 6.45) is 1.14. The van der Waals surface area contributed by atoms with Crippen molar-refractivity contribution in [2.24, 2.45) is 0 Å². The molecule has 7 heteroatoms. The fraction of sp³-hybridized carbons (Fsp3) is 0.385. The highest BCUT2D eigenvalue weighted by Gasteiger charge is 2.28. The summed E-state index contributed by atoms with van der Waals surface area (Å²) in [4.78, 5) is 8.85. The van der Waals surface area contributed by atoms with Crippen molar-refractivity contribution in [1.82, 2.24) is 9.88 Å². The number of rotatable bonds is 1. The van der Waals surface area contributed by atoms with E-state index < -0.39 is 0 Å². The van der Waals surface area contributed by atoms with Crippen LogP contribution < -0.4 is 0 Å². The number of fused-ring (bicyclic) bond motifs is 1. The van der Waals surface area contributed by atoms with Gasteiger partial charge >= 0.3 is 0 Å². The van der Waals surface area contributed by atoms with E-state index in [1.807, 2.05) is 0 Å². The van der Waals surface area contributed by atoms with Gasteiger partial charge < -0.3 is 9.88 Å². The zero-order valence-corrected chi connectivity index (χ0v) is 15.4. The van der Waals surface area contributed by atoms with Crippen LogP contribution in [-0.2, 0) is 0 Å². The number of nitrogens with zero attached hydrogens (tertiary/aromatic N) is 1. The van der Waals surface area contributed by atoms with E-state index in [0.717, 1.165) is 55.0 Å². The number of aromatic nitrogens is 1. The fourth-order valence-electron chi connectivity index (χ4n) is 2.95. The average Bonchev–Trinajstić information content (AvgIpc) is 2.97. The minimum absolute atomic E-state index is 0.471. The number of nitrogens with one attached hydrogen (secondary N) is 1. The summed E-state index contributed by atoms with van der Waals surface area (Å²) in [7, 11) is 2.15. The van der Waals surface area contributed by atoms with Crippen LogP contribution in [0.5, 0.6) is 0 Å². The van der Waals surface area contributed by atoms with E-state index >= 15 is 0 Å². The smallest absolute Gasteiger partial charge is 0.0738 e. The zero-order chi connectivity index (χ0) is 14.6. The predicted octanol–water partition coefficient (Wildman–Crippen LogP) is 4.03. The van der Waals surface area contributed by atoms with Crippen molar-refractivity contribution in [1.29, 1.82) is 0 Å². The van der Waals surface area contributed by atoms with E-state index in [2.05, 4.69) is 80.1 Å². The monoisotopic (exact) mass is 360 g/mol. The molecule has 1 aromatic heterocycles. The highest BCUT2D eigenvalue weighted by Crippen LogP contribution is 2.45. The minimum Gasteiger partial charge on any atom is -0.349 e. The molecule has 1 aliphatic rings. The molecule has 0 saturated carbocycles. The van der Waals surface area contributed by atoms with Crippen molar-refractivity contribution < 1.29 is 0 Å². The molecule has 20 heavy (non-hydrogen) atoms. The van der Waals surface area contributed by atoms with Gasteiger partial charge in [0.1, 0.15) is 0 Å². The van der Waals surface area contributed by atoms with Crippen molar-refractivity contribution >= 4 is 74.0 Å². The molecule has 2 aromatic rings. The molecule has 3 rings (SSSR count). The van der Waals surface area contributed by atoms with Gasteiger partial charge in [-0.3, -0.25) is 0 Å². The maximum Gasteiger partial charge on any atom is 0.0738 e. The summed E-state index contributed by atoms with van der Waals surface area (Å²) < 4.78 is 0. The Morgan fingerprint density at radius 3 is 2.25 bits per heavy atom. The molecule has 0 amide bonds. The van der Waals surface area contributed by atoms with E-state index in [0.29, 0.717) is 5.92 Å². The van der Waals surface area contributed by atoms with Gasteiger partial charge in [-0.2, -0.15) is 0 Å². The summed E-state index contributed by atoms with van der Waals surface area (Å²) in [6, 6.07) is 0. The lowest BCUT2D eigenvalue weighted by atomic mass is 9.97. The Kier molecular flexibility index (Phi) is 4.30. The number of likely N-dealkylation sites (tertiary alicyclic amines) is 1. The molecule has 108 valence electrons. The molecule has 1 saturated heterocycles. The van der Waals surface area contributed by atoms with Crippen LogP contribution in [0.2, 0.25) is 0 Å². The second-order valence-electron chi connectivity index (χ2n) is 5.28. The van der Waals surface area contributed by atoms with Gasteiger partial charge in [0.05, 0.1) is 10.5 Å². The minimum atomic E-state index is 0.471. The van der Waals surface area contributed by atoms with Crippen molar-refractivity contribution in [2.75, 3.05) is 20.1 Å². The van der Waals surface area contributed by atoms with E-state index in [1.165, 1.54) is 5.56 Å². The van der Waals surface area contributed by atoms with Crippen molar-refractivity contribution in [3.63, 3.8) is 0 Å². The number of aromatic amines is 1. The quantitative estimate of drug-likeness (QED) is 0.424.